The molecule has 3 aliphatic heterocycles. The average molecular weight is 335 g/mol. The minimum absolute atomic E-state index is 0.00941. The third kappa shape index (κ3) is 2.99. The maximum absolute atomic E-state index is 12.6. The molecule has 0 saturated carbocycles. The van der Waals surface area contributed by atoms with Crippen molar-refractivity contribution in [1.82, 2.24) is 15.1 Å². The van der Waals surface area contributed by atoms with Crippen LogP contribution in [0.25, 0.3) is 0 Å². The van der Waals surface area contributed by atoms with Gasteiger partial charge in [0.05, 0.1) is 24.1 Å². The van der Waals surface area contributed by atoms with E-state index in [1.165, 1.54) is 0 Å². The van der Waals surface area contributed by atoms with Crippen molar-refractivity contribution in [1.29, 1.82) is 0 Å². The molecule has 24 heavy (non-hydrogen) atoms. The lowest BCUT2D eigenvalue weighted by Crippen LogP contribution is -2.61. The van der Waals surface area contributed by atoms with E-state index in [2.05, 4.69) is 5.32 Å². The molecule has 1 atom stereocenters. The standard InChI is InChI=1S/C17H25N3O4/c1-3-14-13(5-4-6-24-14)17(23)19-9-12(10-19)20-8-11(7-15(20)21)16(22)18-2/h11-12H,3-10H2,1-2H3,(H,18,22). The van der Waals surface area contributed by atoms with E-state index in [-0.39, 0.29) is 36.1 Å². The van der Waals surface area contributed by atoms with Crippen LogP contribution >= 0.6 is 0 Å². The molecule has 3 aliphatic rings. The van der Waals surface area contributed by atoms with Gasteiger partial charge < -0.3 is 19.9 Å². The van der Waals surface area contributed by atoms with Crippen molar-refractivity contribution in [2.75, 3.05) is 33.3 Å². The fourth-order valence-electron chi connectivity index (χ4n) is 3.69. The smallest absolute Gasteiger partial charge is 0.253 e. The number of nitrogens with zero attached hydrogens (tertiary/aromatic N) is 2. The number of allylic oxidation sites excluding steroid dienone is 1. The van der Waals surface area contributed by atoms with E-state index in [1.54, 1.807) is 16.8 Å². The molecular weight excluding hydrogens is 310 g/mol. The van der Waals surface area contributed by atoms with Gasteiger partial charge in [0, 0.05) is 39.5 Å². The van der Waals surface area contributed by atoms with E-state index in [4.69, 9.17) is 4.74 Å². The van der Waals surface area contributed by atoms with Crippen molar-refractivity contribution in [2.45, 2.75) is 38.6 Å². The number of rotatable bonds is 4. The first-order valence-corrected chi connectivity index (χ1v) is 8.70. The predicted molar refractivity (Wildman–Crippen MR) is 86.8 cm³/mol. The highest BCUT2D eigenvalue weighted by molar-refractivity contribution is 5.95. The molecule has 0 radical (unpaired) electrons. The quantitative estimate of drug-likeness (QED) is 0.800. The van der Waals surface area contributed by atoms with E-state index in [9.17, 15) is 14.4 Å². The normalized spacial score (nSPS) is 24.8. The number of amides is 3. The molecule has 2 fully saturated rings. The summed E-state index contributed by atoms with van der Waals surface area (Å²) in [6.45, 7) is 4.23. The molecule has 7 heteroatoms. The SMILES string of the molecule is CCC1=C(C(=O)N2CC(N3CC(C(=O)NC)CC3=O)C2)CCCO1. The Labute approximate surface area is 142 Å². The van der Waals surface area contributed by atoms with Gasteiger partial charge in [0.15, 0.2) is 0 Å². The molecular formula is C17H25N3O4. The number of carbonyl (C=O) groups is 3. The second kappa shape index (κ2) is 6.83. The van der Waals surface area contributed by atoms with Crippen LogP contribution in [-0.2, 0) is 19.1 Å². The van der Waals surface area contributed by atoms with Crippen LogP contribution in [0.2, 0.25) is 0 Å². The highest BCUT2D eigenvalue weighted by Gasteiger charge is 2.43. The Morgan fingerprint density at radius 3 is 2.71 bits per heavy atom. The van der Waals surface area contributed by atoms with Crippen molar-refractivity contribution < 1.29 is 19.1 Å². The third-order valence-corrected chi connectivity index (χ3v) is 5.13. The van der Waals surface area contributed by atoms with Gasteiger partial charge in [-0.3, -0.25) is 14.4 Å². The van der Waals surface area contributed by atoms with Gasteiger partial charge in [-0.25, -0.2) is 0 Å². The Morgan fingerprint density at radius 2 is 2.04 bits per heavy atom. The minimum atomic E-state index is -0.270. The van der Waals surface area contributed by atoms with Crippen molar-refractivity contribution in [2.24, 2.45) is 5.92 Å². The van der Waals surface area contributed by atoms with Crippen LogP contribution in [0, 0.1) is 5.92 Å². The second-order valence-electron chi connectivity index (χ2n) is 6.63. The van der Waals surface area contributed by atoms with Crippen molar-refractivity contribution >= 4 is 17.7 Å². The molecule has 132 valence electrons. The summed E-state index contributed by atoms with van der Waals surface area (Å²) in [6.07, 6.45) is 2.64. The lowest BCUT2D eigenvalue weighted by Gasteiger charge is -2.44. The molecule has 1 unspecified atom stereocenters. The molecule has 7 nitrogen and oxygen atoms in total. The number of likely N-dealkylation sites (tertiary alicyclic amines) is 2. The molecule has 3 heterocycles. The average Bonchev–Trinajstić information content (AvgIpc) is 2.94. The van der Waals surface area contributed by atoms with E-state index >= 15 is 0 Å². The van der Waals surface area contributed by atoms with Crippen LogP contribution in [0.5, 0.6) is 0 Å². The number of nitrogens with one attached hydrogen (secondary N) is 1. The Morgan fingerprint density at radius 1 is 1.29 bits per heavy atom. The maximum Gasteiger partial charge on any atom is 0.253 e. The van der Waals surface area contributed by atoms with Crippen LogP contribution in [-0.4, -0.2) is 66.9 Å². The van der Waals surface area contributed by atoms with E-state index < -0.39 is 0 Å². The lowest BCUT2D eigenvalue weighted by atomic mass is 10.00. The number of carbonyl (C=O) groups excluding carboxylic acids is 3. The molecule has 1 N–H and O–H groups in total. The van der Waals surface area contributed by atoms with Gasteiger partial charge in [-0.2, -0.15) is 0 Å². The van der Waals surface area contributed by atoms with Gasteiger partial charge in [0.1, 0.15) is 5.76 Å². The van der Waals surface area contributed by atoms with E-state index in [1.807, 2.05) is 6.92 Å². The monoisotopic (exact) mass is 335 g/mol. The van der Waals surface area contributed by atoms with Gasteiger partial charge in [0.25, 0.3) is 5.91 Å². The predicted octanol–water partition coefficient (Wildman–Crippen LogP) is 0.266. The van der Waals surface area contributed by atoms with Crippen LogP contribution in [0.3, 0.4) is 0 Å². The summed E-state index contributed by atoms with van der Waals surface area (Å²) >= 11 is 0. The largest absolute Gasteiger partial charge is 0.497 e. The minimum Gasteiger partial charge on any atom is -0.497 e. The molecule has 0 spiro atoms. The first kappa shape index (κ1) is 16.8. The summed E-state index contributed by atoms with van der Waals surface area (Å²) in [5.74, 6) is 0.502. The molecule has 0 aromatic rings. The zero-order valence-electron chi connectivity index (χ0n) is 14.3. The maximum atomic E-state index is 12.6. The molecule has 0 aromatic carbocycles. The summed E-state index contributed by atoms with van der Waals surface area (Å²) in [4.78, 5) is 40.0. The van der Waals surface area contributed by atoms with Crippen molar-refractivity contribution in [3.8, 4) is 0 Å². The first-order valence-electron chi connectivity index (χ1n) is 8.70. The summed E-state index contributed by atoms with van der Waals surface area (Å²) in [5.41, 5.74) is 0.790. The fraction of sp³-hybridized carbons (Fsp3) is 0.706. The zero-order chi connectivity index (χ0) is 17.3. The van der Waals surface area contributed by atoms with Gasteiger partial charge in [-0.15, -0.1) is 0 Å². The van der Waals surface area contributed by atoms with Crippen LogP contribution in [0.4, 0.5) is 0 Å². The first-order chi connectivity index (χ1) is 11.5. The Kier molecular flexibility index (Phi) is 4.78. The van der Waals surface area contributed by atoms with Crippen LogP contribution in [0.1, 0.15) is 32.6 Å². The summed E-state index contributed by atoms with van der Waals surface area (Å²) in [5, 5.41) is 2.60. The highest BCUT2D eigenvalue weighted by atomic mass is 16.5. The number of ether oxygens (including phenoxy) is 1. The molecule has 2 saturated heterocycles. The highest BCUT2D eigenvalue weighted by Crippen LogP contribution is 2.29. The fourth-order valence-corrected chi connectivity index (χ4v) is 3.69. The van der Waals surface area contributed by atoms with E-state index in [0.717, 1.165) is 30.6 Å². The number of hydrogen-bond acceptors (Lipinski definition) is 4. The Bertz CT molecular complexity index is 580. The van der Waals surface area contributed by atoms with Crippen LogP contribution < -0.4 is 5.32 Å². The molecule has 0 aliphatic carbocycles. The van der Waals surface area contributed by atoms with Crippen molar-refractivity contribution in [3.63, 3.8) is 0 Å². The van der Waals surface area contributed by atoms with Crippen molar-refractivity contribution in [3.05, 3.63) is 11.3 Å². The van der Waals surface area contributed by atoms with Gasteiger partial charge in [0.2, 0.25) is 11.8 Å². The van der Waals surface area contributed by atoms with Gasteiger partial charge >= 0.3 is 0 Å². The Hall–Kier alpha value is -2.05. The van der Waals surface area contributed by atoms with E-state index in [0.29, 0.717) is 26.2 Å². The number of hydrogen-bond donors (Lipinski definition) is 1. The van der Waals surface area contributed by atoms with Gasteiger partial charge in [-0.05, 0) is 12.8 Å². The second-order valence-corrected chi connectivity index (χ2v) is 6.63. The lowest BCUT2D eigenvalue weighted by molar-refractivity contribution is -0.142. The summed E-state index contributed by atoms with van der Waals surface area (Å²) < 4.78 is 5.60. The molecule has 0 aromatic heterocycles. The summed E-state index contributed by atoms with van der Waals surface area (Å²) in [6, 6.07) is 0.0336. The molecule has 3 amide bonds. The topological polar surface area (TPSA) is 79.0 Å². The summed E-state index contributed by atoms with van der Waals surface area (Å²) in [7, 11) is 1.59. The third-order valence-electron chi connectivity index (χ3n) is 5.13. The van der Waals surface area contributed by atoms with Crippen LogP contribution in [0.15, 0.2) is 11.3 Å². The van der Waals surface area contributed by atoms with Gasteiger partial charge in [-0.1, -0.05) is 6.92 Å². The molecule has 0 bridgehead atoms. The Balaban J connectivity index is 1.57. The molecule has 3 rings (SSSR count). The zero-order valence-corrected chi connectivity index (χ0v) is 14.3.